The molecule has 1 aliphatic carbocycles. The molecule has 1 fully saturated rings. The minimum Gasteiger partial charge on any atom is -0.295 e. The van der Waals surface area contributed by atoms with E-state index in [1.54, 1.807) is 11.1 Å². The van der Waals surface area contributed by atoms with Gasteiger partial charge in [0.1, 0.15) is 0 Å². The van der Waals surface area contributed by atoms with Crippen molar-refractivity contribution in [1.82, 2.24) is 4.90 Å². The molecule has 2 aromatic carbocycles. The lowest BCUT2D eigenvalue weighted by Crippen LogP contribution is -2.53. The highest BCUT2D eigenvalue weighted by molar-refractivity contribution is 5.36. The molecule has 1 heteroatoms. The Bertz CT molecular complexity index is 661. The standard InChI is InChI=1S/C22H27N/c1-16(2)22-20-12-13-23(15-17-8-4-3-5-9-17)21(22)14-18-10-6-7-11-19(18)20/h3-11,16,20-22H,12-15H2,1-2H3/t20-,21+,22+/m0/s1. The largest absolute Gasteiger partial charge is 0.295 e. The van der Waals surface area contributed by atoms with E-state index >= 15 is 0 Å². The molecule has 1 heterocycles. The number of fused-ring (bicyclic) bond motifs is 4. The Morgan fingerprint density at radius 3 is 2.52 bits per heavy atom. The Morgan fingerprint density at radius 2 is 1.74 bits per heavy atom. The van der Waals surface area contributed by atoms with Gasteiger partial charge in [-0.2, -0.15) is 0 Å². The van der Waals surface area contributed by atoms with Crippen molar-refractivity contribution >= 4 is 0 Å². The van der Waals surface area contributed by atoms with Crippen molar-refractivity contribution < 1.29 is 0 Å². The molecule has 1 saturated heterocycles. The molecule has 3 atom stereocenters. The summed E-state index contributed by atoms with van der Waals surface area (Å²) in [5.41, 5.74) is 4.69. The number of hydrogen-bond donors (Lipinski definition) is 0. The molecule has 2 aliphatic rings. The van der Waals surface area contributed by atoms with Crippen molar-refractivity contribution in [1.29, 1.82) is 0 Å². The summed E-state index contributed by atoms with van der Waals surface area (Å²) >= 11 is 0. The first-order valence-corrected chi connectivity index (χ1v) is 9.10. The normalized spacial score (nSPS) is 27.0. The summed E-state index contributed by atoms with van der Waals surface area (Å²) in [6.07, 6.45) is 2.53. The molecule has 4 rings (SSSR count). The van der Waals surface area contributed by atoms with E-state index in [4.69, 9.17) is 0 Å². The van der Waals surface area contributed by atoms with Gasteiger partial charge in [0, 0.05) is 12.6 Å². The maximum absolute atomic E-state index is 2.76. The lowest BCUT2D eigenvalue weighted by Gasteiger charge is -2.51. The molecule has 23 heavy (non-hydrogen) atoms. The van der Waals surface area contributed by atoms with Crippen LogP contribution in [0.1, 0.15) is 42.9 Å². The monoisotopic (exact) mass is 305 g/mol. The van der Waals surface area contributed by atoms with E-state index < -0.39 is 0 Å². The Morgan fingerprint density at radius 1 is 1.00 bits per heavy atom. The SMILES string of the molecule is CC(C)[C@H]1[C@H]2Cc3ccccc3[C@@H]1CCN2Cc1ccccc1. The lowest BCUT2D eigenvalue weighted by atomic mass is 9.64. The number of nitrogens with zero attached hydrogens (tertiary/aromatic N) is 1. The first kappa shape index (κ1) is 15.0. The van der Waals surface area contributed by atoms with Crippen LogP contribution in [0.25, 0.3) is 0 Å². The van der Waals surface area contributed by atoms with Gasteiger partial charge >= 0.3 is 0 Å². The summed E-state index contributed by atoms with van der Waals surface area (Å²) in [6.45, 7) is 7.18. The second kappa shape index (κ2) is 6.13. The Hall–Kier alpha value is -1.60. The highest BCUT2D eigenvalue weighted by atomic mass is 15.2. The summed E-state index contributed by atoms with van der Waals surface area (Å²) < 4.78 is 0. The fraction of sp³-hybridized carbons (Fsp3) is 0.455. The van der Waals surface area contributed by atoms with Crippen LogP contribution in [0.2, 0.25) is 0 Å². The third kappa shape index (κ3) is 2.72. The van der Waals surface area contributed by atoms with Gasteiger partial charge in [0.05, 0.1) is 0 Å². The molecule has 0 radical (unpaired) electrons. The molecule has 0 N–H and O–H groups in total. The van der Waals surface area contributed by atoms with Gasteiger partial charge in [-0.3, -0.25) is 4.90 Å². The van der Waals surface area contributed by atoms with E-state index in [-0.39, 0.29) is 0 Å². The summed E-state index contributed by atoms with van der Waals surface area (Å²) in [6, 6.07) is 20.9. The summed E-state index contributed by atoms with van der Waals surface area (Å²) in [7, 11) is 0. The van der Waals surface area contributed by atoms with Gasteiger partial charge in [-0.15, -0.1) is 0 Å². The number of piperidine rings is 1. The van der Waals surface area contributed by atoms with Gasteiger partial charge < -0.3 is 0 Å². The number of hydrogen-bond acceptors (Lipinski definition) is 1. The van der Waals surface area contributed by atoms with Crippen LogP contribution in [-0.2, 0) is 13.0 Å². The minimum atomic E-state index is 0.698. The van der Waals surface area contributed by atoms with Crippen molar-refractivity contribution in [2.75, 3.05) is 6.54 Å². The van der Waals surface area contributed by atoms with Crippen molar-refractivity contribution in [3.8, 4) is 0 Å². The quantitative estimate of drug-likeness (QED) is 0.781. The van der Waals surface area contributed by atoms with Crippen molar-refractivity contribution in [2.45, 2.75) is 45.2 Å². The van der Waals surface area contributed by atoms with E-state index in [0.717, 1.165) is 24.3 Å². The Balaban J connectivity index is 1.66. The van der Waals surface area contributed by atoms with E-state index in [9.17, 15) is 0 Å². The molecule has 1 nitrogen and oxygen atoms in total. The number of likely N-dealkylation sites (tertiary alicyclic amines) is 1. The predicted molar refractivity (Wildman–Crippen MR) is 96.5 cm³/mol. The van der Waals surface area contributed by atoms with Crippen LogP contribution in [-0.4, -0.2) is 17.5 Å². The van der Waals surface area contributed by atoms with Crippen molar-refractivity contribution in [3.63, 3.8) is 0 Å². The van der Waals surface area contributed by atoms with Crippen molar-refractivity contribution in [3.05, 3.63) is 71.3 Å². The molecule has 2 aromatic rings. The van der Waals surface area contributed by atoms with Gasteiger partial charge in [-0.1, -0.05) is 68.4 Å². The first-order chi connectivity index (χ1) is 11.2. The minimum absolute atomic E-state index is 0.698. The highest BCUT2D eigenvalue weighted by Crippen LogP contribution is 2.47. The Kier molecular flexibility index (Phi) is 3.98. The lowest BCUT2D eigenvalue weighted by molar-refractivity contribution is 0.0348. The van der Waals surface area contributed by atoms with Crippen LogP contribution in [0, 0.1) is 11.8 Å². The summed E-state index contributed by atoms with van der Waals surface area (Å²) in [5.74, 6) is 2.30. The topological polar surface area (TPSA) is 3.24 Å². The van der Waals surface area contributed by atoms with Crippen LogP contribution < -0.4 is 0 Å². The summed E-state index contributed by atoms with van der Waals surface area (Å²) in [4.78, 5) is 2.76. The van der Waals surface area contributed by atoms with Gasteiger partial charge in [0.15, 0.2) is 0 Å². The average molecular weight is 305 g/mol. The second-order valence-corrected chi connectivity index (χ2v) is 7.64. The molecule has 0 aromatic heterocycles. The van der Waals surface area contributed by atoms with Gasteiger partial charge in [-0.05, 0) is 53.8 Å². The second-order valence-electron chi connectivity index (χ2n) is 7.64. The maximum atomic E-state index is 2.76. The van der Waals surface area contributed by atoms with E-state index in [2.05, 4.69) is 73.3 Å². The number of rotatable bonds is 3. The molecule has 1 aliphatic heterocycles. The van der Waals surface area contributed by atoms with E-state index in [1.807, 2.05) is 0 Å². The zero-order valence-corrected chi connectivity index (χ0v) is 14.3. The van der Waals surface area contributed by atoms with Crippen LogP contribution >= 0.6 is 0 Å². The molecule has 120 valence electrons. The maximum Gasteiger partial charge on any atom is 0.0236 e. The van der Waals surface area contributed by atoms with Gasteiger partial charge in [0.2, 0.25) is 0 Å². The average Bonchev–Trinajstić information content (AvgIpc) is 2.57. The third-order valence-corrected chi connectivity index (χ3v) is 5.99. The Labute approximate surface area is 140 Å². The van der Waals surface area contributed by atoms with Crippen LogP contribution in [0.3, 0.4) is 0 Å². The summed E-state index contributed by atoms with van der Waals surface area (Å²) in [5, 5.41) is 0. The van der Waals surface area contributed by atoms with Gasteiger partial charge in [-0.25, -0.2) is 0 Å². The third-order valence-electron chi connectivity index (χ3n) is 5.99. The molecule has 0 amide bonds. The fourth-order valence-electron chi connectivity index (χ4n) is 5.03. The zero-order valence-electron chi connectivity index (χ0n) is 14.3. The highest BCUT2D eigenvalue weighted by Gasteiger charge is 2.43. The molecule has 0 spiro atoms. The number of benzene rings is 2. The molecular formula is C22H27N. The molecule has 0 saturated carbocycles. The van der Waals surface area contributed by atoms with E-state index in [0.29, 0.717) is 6.04 Å². The van der Waals surface area contributed by atoms with E-state index in [1.165, 1.54) is 24.9 Å². The molecule has 2 bridgehead atoms. The van der Waals surface area contributed by atoms with Gasteiger partial charge in [0.25, 0.3) is 0 Å². The first-order valence-electron chi connectivity index (χ1n) is 9.10. The van der Waals surface area contributed by atoms with Crippen LogP contribution in [0.4, 0.5) is 0 Å². The van der Waals surface area contributed by atoms with Crippen molar-refractivity contribution in [2.24, 2.45) is 11.8 Å². The fourth-order valence-corrected chi connectivity index (χ4v) is 5.03. The zero-order chi connectivity index (χ0) is 15.8. The molecule has 0 unspecified atom stereocenters. The van der Waals surface area contributed by atoms with Crippen LogP contribution in [0.5, 0.6) is 0 Å². The molecular weight excluding hydrogens is 278 g/mol. The predicted octanol–water partition coefficient (Wildman–Crippen LogP) is 4.87. The van der Waals surface area contributed by atoms with Crippen LogP contribution in [0.15, 0.2) is 54.6 Å². The smallest absolute Gasteiger partial charge is 0.0236 e.